The van der Waals surface area contributed by atoms with Gasteiger partial charge in [0, 0.05) is 0 Å². The van der Waals surface area contributed by atoms with Gasteiger partial charge in [-0.05, 0) is 35.9 Å². The summed E-state index contributed by atoms with van der Waals surface area (Å²) in [4.78, 5) is 12.2. The summed E-state index contributed by atoms with van der Waals surface area (Å²) in [5, 5.41) is 0. The third-order valence-corrected chi connectivity index (χ3v) is 2.90. The summed E-state index contributed by atoms with van der Waals surface area (Å²) >= 11 is 0. The first-order valence-corrected chi connectivity index (χ1v) is 6.47. The van der Waals surface area contributed by atoms with Crippen molar-refractivity contribution in [2.45, 2.75) is 0 Å². The third kappa shape index (κ3) is 3.83. The molecule has 0 saturated carbocycles. The molecule has 0 atom stereocenters. The average Bonchev–Trinajstić information content (AvgIpc) is 2.54. The minimum absolute atomic E-state index is 0.0983. The van der Waals surface area contributed by atoms with Gasteiger partial charge < -0.3 is 9.47 Å². The van der Waals surface area contributed by atoms with Gasteiger partial charge in [-0.15, -0.1) is 0 Å². The van der Waals surface area contributed by atoms with Gasteiger partial charge in [0.05, 0.1) is 18.9 Å². The van der Waals surface area contributed by atoms with Crippen LogP contribution < -0.4 is 9.47 Å². The summed E-state index contributed by atoms with van der Waals surface area (Å²) < 4.78 is 10.3. The van der Waals surface area contributed by atoms with Crippen LogP contribution in [0, 0.1) is 0 Å². The Balaban J connectivity index is 2.13. The Hall–Kier alpha value is -2.81. The lowest BCUT2D eigenvalue weighted by molar-refractivity contribution is 0.104. The number of para-hydroxylation sites is 1. The molecule has 0 aromatic heterocycles. The van der Waals surface area contributed by atoms with Crippen molar-refractivity contribution in [3.63, 3.8) is 0 Å². The normalized spacial score (nSPS) is 10.3. The van der Waals surface area contributed by atoms with E-state index in [1.54, 1.807) is 25.3 Å². The fraction of sp³-hybridized carbons (Fsp3) is 0.0556. The molecule has 106 valence electrons. The highest BCUT2D eigenvalue weighted by molar-refractivity contribution is 6.08. The lowest BCUT2D eigenvalue weighted by atomic mass is 10.1. The molecule has 2 aromatic rings. The average molecular weight is 280 g/mol. The lowest BCUT2D eigenvalue weighted by Gasteiger charge is -2.04. The molecule has 0 aliphatic carbocycles. The number of methoxy groups -OCH3 is 1. The van der Waals surface area contributed by atoms with Crippen LogP contribution >= 0.6 is 0 Å². The third-order valence-electron chi connectivity index (χ3n) is 2.90. The van der Waals surface area contributed by atoms with Crippen LogP contribution in [-0.2, 0) is 0 Å². The summed E-state index contributed by atoms with van der Waals surface area (Å²) in [7, 11) is 1.55. The Morgan fingerprint density at radius 1 is 1.10 bits per heavy atom. The summed E-state index contributed by atoms with van der Waals surface area (Å²) in [5.74, 6) is 1.18. The van der Waals surface area contributed by atoms with Crippen molar-refractivity contribution in [3.05, 3.63) is 78.6 Å². The monoisotopic (exact) mass is 280 g/mol. The molecule has 0 aliphatic heterocycles. The first-order chi connectivity index (χ1) is 10.2. The molecule has 0 aliphatic rings. The number of rotatable bonds is 6. The number of benzene rings is 2. The summed E-state index contributed by atoms with van der Waals surface area (Å²) in [6.45, 7) is 3.50. The van der Waals surface area contributed by atoms with Crippen molar-refractivity contribution < 1.29 is 14.3 Å². The predicted molar refractivity (Wildman–Crippen MR) is 83.6 cm³/mol. The molecule has 3 heteroatoms. The van der Waals surface area contributed by atoms with Crippen molar-refractivity contribution >= 4 is 11.9 Å². The van der Waals surface area contributed by atoms with E-state index in [0.717, 1.165) is 5.56 Å². The van der Waals surface area contributed by atoms with E-state index in [1.807, 2.05) is 36.4 Å². The second-order valence-electron chi connectivity index (χ2n) is 4.25. The largest absolute Gasteiger partial charge is 0.496 e. The van der Waals surface area contributed by atoms with Crippen LogP contribution in [0.1, 0.15) is 15.9 Å². The number of allylic oxidation sites excluding steroid dienone is 1. The van der Waals surface area contributed by atoms with Crippen LogP contribution in [0.4, 0.5) is 0 Å². The summed E-state index contributed by atoms with van der Waals surface area (Å²) in [6, 6.07) is 14.5. The van der Waals surface area contributed by atoms with Crippen molar-refractivity contribution in [2.75, 3.05) is 7.11 Å². The molecule has 0 bridgehead atoms. The number of hydrogen-bond donors (Lipinski definition) is 0. The highest BCUT2D eigenvalue weighted by atomic mass is 16.5. The van der Waals surface area contributed by atoms with E-state index >= 15 is 0 Å². The Morgan fingerprint density at radius 2 is 1.81 bits per heavy atom. The van der Waals surface area contributed by atoms with Gasteiger partial charge in [-0.25, -0.2) is 0 Å². The van der Waals surface area contributed by atoms with Gasteiger partial charge in [0.25, 0.3) is 0 Å². The van der Waals surface area contributed by atoms with Crippen LogP contribution in [0.25, 0.3) is 6.08 Å². The number of ketones is 1. The molecule has 21 heavy (non-hydrogen) atoms. The Morgan fingerprint density at radius 3 is 2.48 bits per heavy atom. The molecule has 3 nitrogen and oxygen atoms in total. The van der Waals surface area contributed by atoms with Gasteiger partial charge in [-0.2, -0.15) is 0 Å². The second-order valence-corrected chi connectivity index (χ2v) is 4.25. The zero-order chi connectivity index (χ0) is 15.1. The van der Waals surface area contributed by atoms with Crippen LogP contribution in [0.2, 0.25) is 0 Å². The maximum absolute atomic E-state index is 12.2. The number of ether oxygens (including phenoxy) is 2. The molecular weight excluding hydrogens is 264 g/mol. The summed E-state index contributed by atoms with van der Waals surface area (Å²) in [5.41, 5.74) is 1.46. The van der Waals surface area contributed by atoms with E-state index in [-0.39, 0.29) is 5.78 Å². The number of carbonyl (C=O) groups is 1. The molecule has 0 heterocycles. The van der Waals surface area contributed by atoms with Gasteiger partial charge in [-0.1, -0.05) is 36.9 Å². The van der Waals surface area contributed by atoms with Crippen molar-refractivity contribution in [1.29, 1.82) is 0 Å². The highest BCUT2D eigenvalue weighted by Crippen LogP contribution is 2.19. The second kappa shape index (κ2) is 7.10. The predicted octanol–water partition coefficient (Wildman–Crippen LogP) is 4.11. The van der Waals surface area contributed by atoms with E-state index in [9.17, 15) is 4.79 Å². The van der Waals surface area contributed by atoms with Gasteiger partial charge in [0.1, 0.15) is 11.5 Å². The van der Waals surface area contributed by atoms with Crippen molar-refractivity contribution in [1.82, 2.24) is 0 Å². The Labute approximate surface area is 124 Å². The molecule has 0 fully saturated rings. The standard InChI is InChI=1S/C18H16O3/c1-3-21-15-11-8-14(9-12-15)10-13-17(19)16-6-4-5-7-18(16)20-2/h3-13H,1H2,2H3/b13-10+. The van der Waals surface area contributed by atoms with Crippen LogP contribution in [0.3, 0.4) is 0 Å². The molecule has 0 spiro atoms. The highest BCUT2D eigenvalue weighted by Gasteiger charge is 2.07. The Kier molecular flexibility index (Phi) is 4.94. The summed E-state index contributed by atoms with van der Waals surface area (Å²) in [6.07, 6.45) is 4.66. The topological polar surface area (TPSA) is 35.5 Å². The van der Waals surface area contributed by atoms with Crippen LogP contribution in [-0.4, -0.2) is 12.9 Å². The zero-order valence-electron chi connectivity index (χ0n) is 11.8. The molecule has 2 aromatic carbocycles. The van der Waals surface area contributed by atoms with E-state index in [0.29, 0.717) is 17.1 Å². The van der Waals surface area contributed by atoms with E-state index in [1.165, 1.54) is 12.3 Å². The quantitative estimate of drug-likeness (QED) is 0.454. The van der Waals surface area contributed by atoms with Gasteiger partial charge in [-0.3, -0.25) is 4.79 Å². The van der Waals surface area contributed by atoms with E-state index < -0.39 is 0 Å². The minimum atomic E-state index is -0.0983. The first kappa shape index (κ1) is 14.6. The van der Waals surface area contributed by atoms with E-state index in [4.69, 9.17) is 9.47 Å². The van der Waals surface area contributed by atoms with Crippen molar-refractivity contribution in [2.24, 2.45) is 0 Å². The van der Waals surface area contributed by atoms with Gasteiger partial charge in [0.15, 0.2) is 5.78 Å². The Bertz CT molecular complexity index is 654. The molecule has 0 N–H and O–H groups in total. The maximum Gasteiger partial charge on any atom is 0.189 e. The van der Waals surface area contributed by atoms with E-state index in [2.05, 4.69) is 6.58 Å². The zero-order valence-corrected chi connectivity index (χ0v) is 11.8. The fourth-order valence-corrected chi connectivity index (χ4v) is 1.86. The number of hydrogen-bond acceptors (Lipinski definition) is 3. The molecule has 2 rings (SSSR count). The molecule has 0 unspecified atom stereocenters. The van der Waals surface area contributed by atoms with Crippen LogP contribution in [0.15, 0.2) is 67.4 Å². The fourth-order valence-electron chi connectivity index (χ4n) is 1.86. The van der Waals surface area contributed by atoms with Gasteiger partial charge >= 0.3 is 0 Å². The number of carbonyl (C=O) groups excluding carboxylic acids is 1. The maximum atomic E-state index is 12.2. The van der Waals surface area contributed by atoms with Gasteiger partial charge in [0.2, 0.25) is 0 Å². The lowest BCUT2D eigenvalue weighted by Crippen LogP contribution is -1.98. The smallest absolute Gasteiger partial charge is 0.189 e. The molecular formula is C18H16O3. The first-order valence-electron chi connectivity index (χ1n) is 6.47. The van der Waals surface area contributed by atoms with Crippen LogP contribution in [0.5, 0.6) is 11.5 Å². The molecule has 0 amide bonds. The molecule has 0 radical (unpaired) electrons. The van der Waals surface area contributed by atoms with Crippen molar-refractivity contribution in [3.8, 4) is 11.5 Å². The SMILES string of the molecule is C=COc1ccc(/C=C/C(=O)c2ccccc2OC)cc1. The molecule has 0 saturated heterocycles. The minimum Gasteiger partial charge on any atom is -0.496 e.